The van der Waals surface area contributed by atoms with Crippen LogP contribution in [-0.4, -0.2) is 17.3 Å². The minimum Gasteiger partial charge on any atom is -0.497 e. The molecule has 0 unspecified atom stereocenters. The summed E-state index contributed by atoms with van der Waals surface area (Å²) in [4.78, 5) is 0. The molecular weight excluding hydrogens is 250 g/mol. The zero-order valence-corrected chi connectivity index (χ0v) is 12.7. The molecule has 108 valence electrons. The molecule has 20 heavy (non-hydrogen) atoms. The molecule has 2 N–H and O–H groups in total. The number of hydrogen-bond donors (Lipinski definition) is 2. The normalized spacial score (nSPS) is 11.6. The molecule has 2 aromatic rings. The molecular formula is C16H23N3O. The molecule has 1 aromatic carbocycles. The fourth-order valence-corrected chi connectivity index (χ4v) is 2.22. The summed E-state index contributed by atoms with van der Waals surface area (Å²) >= 11 is 0. The van der Waals surface area contributed by atoms with E-state index >= 15 is 0 Å². The van der Waals surface area contributed by atoms with Crippen molar-refractivity contribution in [2.24, 2.45) is 0 Å². The summed E-state index contributed by atoms with van der Waals surface area (Å²) in [7, 11) is 1.69. The topological polar surface area (TPSA) is 49.9 Å². The van der Waals surface area contributed by atoms with E-state index in [1.54, 1.807) is 7.11 Å². The summed E-state index contributed by atoms with van der Waals surface area (Å²) in [5.74, 6) is 0.892. The van der Waals surface area contributed by atoms with Gasteiger partial charge in [0.05, 0.1) is 13.3 Å². The second-order valence-corrected chi connectivity index (χ2v) is 5.98. The lowest BCUT2D eigenvalue weighted by molar-refractivity contribution is 0.414. The molecule has 0 saturated carbocycles. The van der Waals surface area contributed by atoms with Crippen molar-refractivity contribution in [1.82, 2.24) is 15.5 Å². The Hall–Kier alpha value is -1.81. The van der Waals surface area contributed by atoms with Gasteiger partial charge in [0, 0.05) is 29.8 Å². The Kier molecular flexibility index (Phi) is 4.45. The van der Waals surface area contributed by atoms with Crippen molar-refractivity contribution >= 4 is 0 Å². The maximum absolute atomic E-state index is 5.23. The standard InChI is InChI=1S/C16H23N3O/c1-16(2,3)15-13(11-18-19-15)10-17-9-12-6-5-7-14(8-12)20-4/h5-8,11,17H,9-10H2,1-4H3,(H,18,19). The lowest BCUT2D eigenvalue weighted by Crippen LogP contribution is -2.19. The number of ether oxygens (including phenoxy) is 1. The van der Waals surface area contributed by atoms with Gasteiger partial charge >= 0.3 is 0 Å². The van der Waals surface area contributed by atoms with Crippen molar-refractivity contribution in [2.75, 3.05) is 7.11 Å². The maximum Gasteiger partial charge on any atom is 0.119 e. The Morgan fingerprint density at radius 1 is 1.25 bits per heavy atom. The van der Waals surface area contributed by atoms with Crippen LogP contribution < -0.4 is 10.1 Å². The molecule has 0 bridgehead atoms. The average Bonchev–Trinajstić information content (AvgIpc) is 2.87. The first-order valence-corrected chi connectivity index (χ1v) is 6.87. The first-order valence-electron chi connectivity index (χ1n) is 6.87. The lowest BCUT2D eigenvalue weighted by Gasteiger charge is -2.18. The second-order valence-electron chi connectivity index (χ2n) is 5.98. The molecule has 1 heterocycles. The third-order valence-electron chi connectivity index (χ3n) is 3.25. The SMILES string of the molecule is COc1cccc(CNCc2cn[nH]c2C(C)(C)C)c1. The number of benzene rings is 1. The predicted molar refractivity (Wildman–Crippen MR) is 80.8 cm³/mol. The van der Waals surface area contributed by atoms with E-state index in [4.69, 9.17) is 4.74 Å². The summed E-state index contributed by atoms with van der Waals surface area (Å²) in [6, 6.07) is 8.11. The highest BCUT2D eigenvalue weighted by Gasteiger charge is 2.19. The van der Waals surface area contributed by atoms with Crippen LogP contribution in [0.15, 0.2) is 30.5 Å². The van der Waals surface area contributed by atoms with Gasteiger partial charge in [0.2, 0.25) is 0 Å². The summed E-state index contributed by atoms with van der Waals surface area (Å²) in [5.41, 5.74) is 3.71. The highest BCUT2D eigenvalue weighted by molar-refractivity contribution is 5.28. The molecule has 0 aliphatic carbocycles. The molecule has 0 amide bonds. The van der Waals surface area contributed by atoms with Crippen LogP contribution >= 0.6 is 0 Å². The number of H-pyrrole nitrogens is 1. The zero-order valence-electron chi connectivity index (χ0n) is 12.7. The van der Waals surface area contributed by atoms with Gasteiger partial charge in [-0.2, -0.15) is 5.10 Å². The van der Waals surface area contributed by atoms with Crippen molar-refractivity contribution in [1.29, 1.82) is 0 Å². The summed E-state index contributed by atoms with van der Waals surface area (Å²) in [6.45, 7) is 8.18. The third-order valence-corrected chi connectivity index (χ3v) is 3.25. The number of methoxy groups -OCH3 is 1. The average molecular weight is 273 g/mol. The van der Waals surface area contributed by atoms with E-state index in [0.717, 1.165) is 18.8 Å². The number of nitrogens with zero attached hydrogens (tertiary/aromatic N) is 1. The van der Waals surface area contributed by atoms with E-state index < -0.39 is 0 Å². The zero-order chi connectivity index (χ0) is 14.6. The van der Waals surface area contributed by atoms with Crippen LogP contribution in [0.25, 0.3) is 0 Å². The second kappa shape index (κ2) is 6.09. The van der Waals surface area contributed by atoms with Crippen LogP contribution in [0.5, 0.6) is 5.75 Å². The molecule has 4 nitrogen and oxygen atoms in total. The lowest BCUT2D eigenvalue weighted by atomic mass is 9.89. The minimum atomic E-state index is 0.0868. The van der Waals surface area contributed by atoms with Gasteiger partial charge in [-0.3, -0.25) is 5.10 Å². The number of aromatic nitrogens is 2. The summed E-state index contributed by atoms with van der Waals surface area (Å²) in [6.07, 6.45) is 1.90. The minimum absolute atomic E-state index is 0.0868. The Morgan fingerprint density at radius 2 is 2.05 bits per heavy atom. The Balaban J connectivity index is 1.95. The van der Waals surface area contributed by atoms with Crippen LogP contribution in [0, 0.1) is 0 Å². The molecule has 4 heteroatoms. The van der Waals surface area contributed by atoms with E-state index in [1.807, 2.05) is 24.4 Å². The Labute approximate surface area is 120 Å². The molecule has 2 rings (SSSR count). The van der Waals surface area contributed by atoms with Crippen molar-refractivity contribution < 1.29 is 4.74 Å². The molecule has 0 aliphatic heterocycles. The number of nitrogens with one attached hydrogen (secondary N) is 2. The first kappa shape index (κ1) is 14.6. The smallest absolute Gasteiger partial charge is 0.119 e. The molecule has 1 aromatic heterocycles. The van der Waals surface area contributed by atoms with Gasteiger partial charge in [0.1, 0.15) is 5.75 Å². The summed E-state index contributed by atoms with van der Waals surface area (Å²) in [5, 5.41) is 10.7. The van der Waals surface area contributed by atoms with E-state index in [-0.39, 0.29) is 5.41 Å². The van der Waals surface area contributed by atoms with E-state index in [1.165, 1.54) is 16.8 Å². The third kappa shape index (κ3) is 3.61. The summed E-state index contributed by atoms with van der Waals surface area (Å²) < 4.78 is 5.23. The monoisotopic (exact) mass is 273 g/mol. The van der Waals surface area contributed by atoms with Crippen molar-refractivity contribution in [3.63, 3.8) is 0 Å². The van der Waals surface area contributed by atoms with Crippen molar-refractivity contribution in [2.45, 2.75) is 39.3 Å². The van der Waals surface area contributed by atoms with E-state index in [0.29, 0.717) is 0 Å². The highest BCUT2D eigenvalue weighted by atomic mass is 16.5. The van der Waals surface area contributed by atoms with Gasteiger partial charge in [-0.05, 0) is 17.7 Å². The van der Waals surface area contributed by atoms with E-state index in [9.17, 15) is 0 Å². The van der Waals surface area contributed by atoms with Gasteiger partial charge in [0.25, 0.3) is 0 Å². The number of aromatic amines is 1. The Morgan fingerprint density at radius 3 is 2.75 bits per heavy atom. The molecule has 0 spiro atoms. The van der Waals surface area contributed by atoms with Gasteiger partial charge in [0.15, 0.2) is 0 Å². The molecule has 0 atom stereocenters. The van der Waals surface area contributed by atoms with Crippen LogP contribution in [0.2, 0.25) is 0 Å². The molecule has 0 saturated heterocycles. The molecule has 0 fully saturated rings. The Bertz CT molecular complexity index is 555. The molecule has 0 radical (unpaired) electrons. The van der Waals surface area contributed by atoms with Gasteiger partial charge in [-0.25, -0.2) is 0 Å². The largest absolute Gasteiger partial charge is 0.497 e. The van der Waals surface area contributed by atoms with Crippen LogP contribution in [0.3, 0.4) is 0 Å². The number of hydrogen-bond acceptors (Lipinski definition) is 3. The van der Waals surface area contributed by atoms with Gasteiger partial charge in [-0.1, -0.05) is 32.9 Å². The predicted octanol–water partition coefficient (Wildman–Crippen LogP) is 3.01. The van der Waals surface area contributed by atoms with Crippen molar-refractivity contribution in [3.8, 4) is 5.75 Å². The van der Waals surface area contributed by atoms with Crippen LogP contribution in [0.4, 0.5) is 0 Å². The van der Waals surface area contributed by atoms with Gasteiger partial charge < -0.3 is 10.1 Å². The maximum atomic E-state index is 5.23. The molecule has 0 aliphatic rings. The highest BCUT2D eigenvalue weighted by Crippen LogP contribution is 2.23. The number of rotatable bonds is 5. The van der Waals surface area contributed by atoms with Crippen molar-refractivity contribution in [3.05, 3.63) is 47.3 Å². The fourth-order valence-electron chi connectivity index (χ4n) is 2.22. The fraction of sp³-hybridized carbons (Fsp3) is 0.438. The van der Waals surface area contributed by atoms with Crippen LogP contribution in [0.1, 0.15) is 37.6 Å². The quantitative estimate of drug-likeness (QED) is 0.880. The van der Waals surface area contributed by atoms with Crippen LogP contribution in [-0.2, 0) is 18.5 Å². The van der Waals surface area contributed by atoms with E-state index in [2.05, 4.69) is 42.4 Å². The van der Waals surface area contributed by atoms with Gasteiger partial charge in [-0.15, -0.1) is 0 Å². The first-order chi connectivity index (χ1) is 9.50.